The molecule has 0 aliphatic carbocycles. The topological polar surface area (TPSA) is 69.0 Å². The van der Waals surface area contributed by atoms with Gasteiger partial charge < -0.3 is 29.8 Å². The monoisotopic (exact) mass is 435 g/mol. The molecule has 3 aromatic carbocycles. The fourth-order valence-corrected chi connectivity index (χ4v) is 3.44. The second kappa shape index (κ2) is 13.0. The Morgan fingerprint density at radius 2 is 1.34 bits per heavy atom. The van der Waals surface area contributed by atoms with Gasteiger partial charge in [0.25, 0.3) is 0 Å². The smallest absolute Gasteiger partial charge is 0.161 e. The van der Waals surface area contributed by atoms with Crippen LogP contribution in [0.3, 0.4) is 0 Å². The number of hydrogen-bond donors (Lipinski definition) is 2. The molecule has 2 N–H and O–H groups in total. The van der Waals surface area contributed by atoms with Crippen LogP contribution in [0.4, 0.5) is 11.4 Å². The molecule has 0 saturated carbocycles. The molecule has 6 heteroatoms. The summed E-state index contributed by atoms with van der Waals surface area (Å²) in [7, 11) is 5.68. The summed E-state index contributed by atoms with van der Waals surface area (Å²) in [5, 5.41) is 16.0. The Labute approximate surface area is 191 Å². The van der Waals surface area contributed by atoms with E-state index in [-0.39, 0.29) is 6.61 Å². The Morgan fingerprint density at radius 1 is 0.812 bits per heavy atom. The minimum atomic E-state index is -0.646. The first-order chi connectivity index (χ1) is 15.6. The van der Waals surface area contributed by atoms with Gasteiger partial charge in [-0.3, -0.25) is 0 Å². The summed E-state index contributed by atoms with van der Waals surface area (Å²) in [4.78, 5) is 4.28. The van der Waals surface area contributed by atoms with E-state index in [2.05, 4.69) is 60.0 Å². The molecule has 170 valence electrons. The summed E-state index contributed by atoms with van der Waals surface area (Å²) < 4.78 is 11.1. The van der Waals surface area contributed by atoms with Gasteiger partial charge in [-0.2, -0.15) is 0 Å². The van der Waals surface area contributed by atoms with Gasteiger partial charge in [0.1, 0.15) is 12.7 Å². The molecule has 0 aliphatic rings. The largest absolute Gasteiger partial charge is 0.493 e. The number of likely N-dealkylation sites (N-methyl/N-ethyl adjacent to an activating group) is 1. The number of ether oxygens (including phenoxy) is 2. The van der Waals surface area contributed by atoms with E-state index in [1.165, 1.54) is 5.56 Å². The summed E-state index contributed by atoms with van der Waals surface area (Å²) in [6, 6.07) is 26.1. The molecule has 0 heterocycles. The van der Waals surface area contributed by atoms with E-state index in [1.54, 1.807) is 7.11 Å². The molecule has 0 amide bonds. The average Bonchev–Trinajstić information content (AvgIpc) is 2.84. The Balaban J connectivity index is 0.00000176. The molecule has 0 bridgehead atoms. The summed E-state index contributed by atoms with van der Waals surface area (Å²) in [5.41, 5.74) is 3.43. The van der Waals surface area contributed by atoms with Crippen molar-refractivity contribution in [1.82, 2.24) is 0 Å². The van der Waals surface area contributed by atoms with Crippen molar-refractivity contribution in [3.63, 3.8) is 0 Å². The van der Waals surface area contributed by atoms with Crippen LogP contribution in [0.2, 0.25) is 0 Å². The van der Waals surface area contributed by atoms with E-state index in [9.17, 15) is 5.11 Å². The maximum Gasteiger partial charge on any atom is 0.161 e. The van der Waals surface area contributed by atoms with Crippen LogP contribution >= 0.6 is 0 Å². The summed E-state index contributed by atoms with van der Waals surface area (Å²) in [6.45, 7) is 3.95. The average molecular weight is 436 g/mol. The van der Waals surface area contributed by atoms with E-state index >= 15 is 0 Å². The summed E-state index contributed by atoms with van der Waals surface area (Å²) >= 11 is 0. The molecule has 0 fully saturated rings. The summed E-state index contributed by atoms with van der Waals surface area (Å²) in [6.07, 6.45) is -0.646. The van der Waals surface area contributed by atoms with Crippen LogP contribution in [-0.2, 0) is 6.54 Å². The minimum absolute atomic E-state index is 0.187. The molecule has 0 aliphatic heterocycles. The molecule has 0 radical (unpaired) electrons. The van der Waals surface area contributed by atoms with Crippen molar-refractivity contribution in [3.8, 4) is 11.5 Å². The number of methoxy groups -OCH3 is 1. The maximum absolute atomic E-state index is 10.5. The second-order valence-corrected chi connectivity index (χ2v) is 7.33. The number of aliphatic hydroxyl groups is 1. The molecule has 1 atom stereocenters. The predicted molar refractivity (Wildman–Crippen MR) is 133 cm³/mol. The molecule has 1 unspecified atom stereocenters. The van der Waals surface area contributed by atoms with Crippen LogP contribution in [0.25, 0.3) is 0 Å². The molecule has 3 rings (SSSR count). The lowest BCUT2D eigenvalue weighted by Gasteiger charge is -2.29. The third-order valence-electron chi connectivity index (χ3n) is 4.95. The van der Waals surface area contributed by atoms with Crippen molar-refractivity contribution in [1.29, 1.82) is 5.41 Å². The van der Waals surface area contributed by atoms with E-state index in [1.807, 2.05) is 49.5 Å². The quantitative estimate of drug-likeness (QED) is 0.460. The number of para-hydroxylation sites is 4. The van der Waals surface area contributed by atoms with Crippen LogP contribution in [-0.4, -0.2) is 52.3 Å². The Bertz CT molecular complexity index is 936. The molecule has 0 spiro atoms. The highest BCUT2D eigenvalue weighted by molar-refractivity contribution is 5.70. The molecule has 6 nitrogen and oxygen atoms in total. The van der Waals surface area contributed by atoms with Crippen LogP contribution < -0.4 is 19.3 Å². The number of anilines is 2. The highest BCUT2D eigenvalue weighted by Gasteiger charge is 2.15. The molecule has 32 heavy (non-hydrogen) atoms. The van der Waals surface area contributed by atoms with Gasteiger partial charge in [-0.05, 0) is 36.5 Å². The molecule has 0 aromatic heterocycles. The molecular weight excluding hydrogens is 402 g/mol. The molecular formula is C26H33N3O3. The number of nitrogens with zero attached hydrogens (tertiary/aromatic N) is 2. The van der Waals surface area contributed by atoms with E-state index in [4.69, 9.17) is 14.9 Å². The van der Waals surface area contributed by atoms with Gasteiger partial charge in [-0.1, -0.05) is 54.6 Å². The first kappa shape index (κ1) is 24.8. The SMILES string of the molecule is C=N.COc1ccccc1OCC(O)CN(C)c1ccccc1N(C)Cc1ccccc1. The zero-order valence-corrected chi connectivity index (χ0v) is 19.1. The number of benzene rings is 3. The minimum Gasteiger partial charge on any atom is -0.493 e. The highest BCUT2D eigenvalue weighted by Crippen LogP contribution is 2.29. The lowest BCUT2D eigenvalue weighted by Crippen LogP contribution is -2.34. The Hall–Kier alpha value is -3.51. The van der Waals surface area contributed by atoms with E-state index in [0.29, 0.717) is 18.0 Å². The van der Waals surface area contributed by atoms with Gasteiger partial charge in [-0.15, -0.1) is 0 Å². The Kier molecular flexibility index (Phi) is 10.1. The van der Waals surface area contributed by atoms with Crippen LogP contribution in [0.15, 0.2) is 78.9 Å². The first-order valence-corrected chi connectivity index (χ1v) is 10.4. The molecule has 3 aromatic rings. The van der Waals surface area contributed by atoms with E-state index < -0.39 is 6.10 Å². The van der Waals surface area contributed by atoms with Crippen molar-refractivity contribution in [2.45, 2.75) is 12.6 Å². The standard InChI is InChI=1S/C25H30N2O3.CH3N/c1-26(17-20-11-5-4-6-12-20)22-13-7-8-14-23(22)27(2)18-21(28)19-30-25-16-10-9-15-24(25)29-3;1-2/h4-16,21,28H,17-19H2,1-3H3;2H,1H2. The van der Waals surface area contributed by atoms with Crippen LogP contribution in [0.5, 0.6) is 11.5 Å². The second-order valence-electron chi connectivity index (χ2n) is 7.33. The lowest BCUT2D eigenvalue weighted by atomic mass is 10.1. The van der Waals surface area contributed by atoms with Crippen molar-refractivity contribution in [3.05, 3.63) is 84.4 Å². The van der Waals surface area contributed by atoms with E-state index in [0.717, 1.165) is 17.9 Å². The predicted octanol–water partition coefficient (Wildman–Crippen LogP) is 4.47. The van der Waals surface area contributed by atoms with Crippen LogP contribution in [0, 0.1) is 5.41 Å². The summed E-state index contributed by atoms with van der Waals surface area (Å²) in [5.74, 6) is 1.29. The van der Waals surface area contributed by atoms with Gasteiger partial charge in [0, 0.05) is 27.2 Å². The zero-order valence-electron chi connectivity index (χ0n) is 19.1. The third kappa shape index (κ3) is 7.03. The number of rotatable bonds is 10. The lowest BCUT2D eigenvalue weighted by molar-refractivity contribution is 0.111. The zero-order chi connectivity index (χ0) is 23.3. The van der Waals surface area contributed by atoms with Crippen molar-refractivity contribution < 1.29 is 14.6 Å². The first-order valence-electron chi connectivity index (χ1n) is 10.4. The van der Waals surface area contributed by atoms with Crippen molar-refractivity contribution in [2.24, 2.45) is 0 Å². The fourth-order valence-electron chi connectivity index (χ4n) is 3.44. The highest BCUT2D eigenvalue weighted by atomic mass is 16.5. The normalized spacial score (nSPS) is 11.0. The van der Waals surface area contributed by atoms with Crippen molar-refractivity contribution >= 4 is 18.1 Å². The van der Waals surface area contributed by atoms with Gasteiger partial charge in [0.05, 0.1) is 18.5 Å². The number of nitrogens with one attached hydrogen (secondary N) is 1. The molecule has 0 saturated heterocycles. The van der Waals surface area contributed by atoms with Gasteiger partial charge >= 0.3 is 0 Å². The maximum atomic E-state index is 10.5. The third-order valence-corrected chi connectivity index (χ3v) is 4.95. The van der Waals surface area contributed by atoms with Crippen molar-refractivity contribution in [2.75, 3.05) is 44.2 Å². The van der Waals surface area contributed by atoms with Gasteiger partial charge in [0.15, 0.2) is 11.5 Å². The fraction of sp³-hybridized carbons (Fsp3) is 0.269. The number of hydrogen-bond acceptors (Lipinski definition) is 6. The van der Waals surface area contributed by atoms with Gasteiger partial charge in [0.2, 0.25) is 0 Å². The number of aliphatic hydroxyl groups excluding tert-OH is 1. The van der Waals surface area contributed by atoms with Gasteiger partial charge in [-0.25, -0.2) is 0 Å². The van der Waals surface area contributed by atoms with Crippen LogP contribution in [0.1, 0.15) is 5.56 Å². The Morgan fingerprint density at radius 3 is 1.97 bits per heavy atom.